The highest BCUT2D eigenvalue weighted by Crippen LogP contribution is 2.31. The molecule has 0 aliphatic rings. The maximum absolute atomic E-state index is 12.9. The Bertz CT molecular complexity index is 672. The minimum Gasteiger partial charge on any atom is -0.463 e. The molecule has 0 aliphatic heterocycles. The predicted octanol–water partition coefficient (Wildman–Crippen LogP) is 1.80. The van der Waals surface area contributed by atoms with Crippen LogP contribution < -0.4 is 11.1 Å². The molecule has 9 heteroatoms. The number of rotatable bonds is 7. The fourth-order valence-electron chi connectivity index (χ4n) is 1.90. The van der Waals surface area contributed by atoms with Gasteiger partial charge in [-0.3, -0.25) is 9.59 Å². The number of ether oxygens (including phenoxy) is 1. The summed E-state index contributed by atoms with van der Waals surface area (Å²) in [5.41, 5.74) is 3.38. The molecule has 25 heavy (non-hydrogen) atoms. The number of nitrogens with two attached hydrogens (primary N) is 1. The molecule has 3 N–H and O–H groups in total. The van der Waals surface area contributed by atoms with Gasteiger partial charge in [0, 0.05) is 6.08 Å². The third kappa shape index (κ3) is 6.28. The van der Waals surface area contributed by atoms with Gasteiger partial charge in [0.2, 0.25) is 5.91 Å². The second-order valence-corrected chi connectivity index (χ2v) is 4.86. The van der Waals surface area contributed by atoms with E-state index in [0.29, 0.717) is 0 Å². The third-order valence-electron chi connectivity index (χ3n) is 3.04. The number of carbonyl (C=O) groups is 3. The number of esters is 1. The first-order valence-corrected chi connectivity index (χ1v) is 7.26. The fourth-order valence-corrected chi connectivity index (χ4v) is 1.90. The van der Waals surface area contributed by atoms with Crippen LogP contribution in [0.5, 0.6) is 0 Å². The molecule has 0 aliphatic carbocycles. The Hall–Kier alpha value is -2.84. The topological polar surface area (TPSA) is 98.5 Å². The van der Waals surface area contributed by atoms with Crippen molar-refractivity contribution in [2.75, 3.05) is 6.61 Å². The molecular formula is C16H17F3N2O4. The van der Waals surface area contributed by atoms with Gasteiger partial charge in [-0.25, -0.2) is 4.79 Å². The summed E-state index contributed by atoms with van der Waals surface area (Å²) >= 11 is 0. The van der Waals surface area contributed by atoms with Gasteiger partial charge in [-0.2, -0.15) is 13.2 Å². The average molecular weight is 358 g/mol. The van der Waals surface area contributed by atoms with Crippen molar-refractivity contribution in [2.45, 2.75) is 25.6 Å². The Kier molecular flexibility index (Phi) is 7.16. The van der Waals surface area contributed by atoms with Crippen molar-refractivity contribution >= 4 is 17.8 Å². The highest BCUT2D eigenvalue weighted by molar-refractivity contribution is 5.98. The van der Waals surface area contributed by atoms with Crippen LogP contribution >= 0.6 is 0 Å². The van der Waals surface area contributed by atoms with Gasteiger partial charge >= 0.3 is 12.1 Å². The summed E-state index contributed by atoms with van der Waals surface area (Å²) in [7, 11) is 0. The summed E-state index contributed by atoms with van der Waals surface area (Å²) < 4.78 is 43.4. The lowest BCUT2D eigenvalue weighted by Gasteiger charge is -2.16. The van der Waals surface area contributed by atoms with Gasteiger partial charge in [-0.1, -0.05) is 18.2 Å². The molecule has 1 aromatic rings. The summed E-state index contributed by atoms with van der Waals surface area (Å²) in [6, 6.07) is 2.89. The number of nitrogens with one attached hydrogen (secondary N) is 1. The van der Waals surface area contributed by atoms with Crippen LogP contribution in [0.15, 0.2) is 36.4 Å². The monoisotopic (exact) mass is 358 g/mol. The van der Waals surface area contributed by atoms with Crippen molar-refractivity contribution in [2.24, 2.45) is 5.73 Å². The summed E-state index contributed by atoms with van der Waals surface area (Å²) in [5, 5.41) is 2.13. The molecule has 0 unspecified atom stereocenters. The molecule has 0 fully saturated rings. The number of hydrogen-bond donors (Lipinski definition) is 2. The standard InChI is InChI=1S/C16H17F3N2O4/c1-2-25-13(22)9-5-8-12(14(20)23)21-15(24)10-6-3-4-7-11(10)16(17,18)19/h3-7,9,12H,2,8H2,1H3,(H2,20,23)(H,21,24)/b9-5+/t12-/m0/s1. The van der Waals surface area contributed by atoms with Crippen LogP contribution in [0.25, 0.3) is 0 Å². The zero-order valence-corrected chi connectivity index (χ0v) is 13.3. The minimum absolute atomic E-state index is 0.160. The van der Waals surface area contributed by atoms with Crippen LogP contribution in [0, 0.1) is 0 Å². The van der Waals surface area contributed by atoms with Crippen molar-refractivity contribution in [3.63, 3.8) is 0 Å². The normalized spacial score (nSPS) is 12.6. The summed E-state index contributed by atoms with van der Waals surface area (Å²) in [6.45, 7) is 1.77. The first-order valence-electron chi connectivity index (χ1n) is 7.26. The first kappa shape index (κ1) is 20.2. The molecule has 0 saturated carbocycles. The first-order chi connectivity index (χ1) is 11.7. The average Bonchev–Trinajstić information content (AvgIpc) is 2.53. The van der Waals surface area contributed by atoms with Crippen molar-refractivity contribution < 1.29 is 32.3 Å². The lowest BCUT2D eigenvalue weighted by Crippen LogP contribution is -2.44. The van der Waals surface area contributed by atoms with Gasteiger partial charge < -0.3 is 15.8 Å². The lowest BCUT2D eigenvalue weighted by molar-refractivity contribution is -0.138. The van der Waals surface area contributed by atoms with Crippen molar-refractivity contribution in [1.29, 1.82) is 0 Å². The highest BCUT2D eigenvalue weighted by atomic mass is 19.4. The number of benzene rings is 1. The van der Waals surface area contributed by atoms with Gasteiger partial charge in [0.05, 0.1) is 17.7 Å². The van der Waals surface area contributed by atoms with Crippen LogP contribution in [0.1, 0.15) is 29.3 Å². The van der Waals surface area contributed by atoms with Crippen LogP contribution in [-0.2, 0) is 20.5 Å². The Morgan fingerprint density at radius 3 is 2.48 bits per heavy atom. The quantitative estimate of drug-likeness (QED) is 0.573. The minimum atomic E-state index is -4.72. The summed E-state index contributed by atoms with van der Waals surface area (Å²) in [4.78, 5) is 34.6. The van der Waals surface area contributed by atoms with Crippen LogP contribution in [-0.4, -0.2) is 30.4 Å². The van der Waals surface area contributed by atoms with Gasteiger partial charge in [0.1, 0.15) is 6.04 Å². The van der Waals surface area contributed by atoms with E-state index in [2.05, 4.69) is 10.1 Å². The second-order valence-electron chi connectivity index (χ2n) is 4.86. The molecule has 1 aromatic carbocycles. The Morgan fingerprint density at radius 2 is 1.92 bits per heavy atom. The van der Waals surface area contributed by atoms with Gasteiger partial charge in [0.25, 0.3) is 5.91 Å². The number of carbonyl (C=O) groups excluding carboxylic acids is 3. The maximum Gasteiger partial charge on any atom is 0.417 e. The molecule has 136 valence electrons. The lowest BCUT2D eigenvalue weighted by atomic mass is 10.1. The Balaban J connectivity index is 2.88. The maximum atomic E-state index is 12.9. The van der Waals surface area contributed by atoms with Crippen molar-refractivity contribution in [3.8, 4) is 0 Å². The molecule has 6 nitrogen and oxygen atoms in total. The Labute approximate surface area is 141 Å². The van der Waals surface area contributed by atoms with Crippen LogP contribution in [0.4, 0.5) is 13.2 Å². The zero-order chi connectivity index (χ0) is 19.0. The van der Waals surface area contributed by atoms with E-state index in [-0.39, 0.29) is 13.0 Å². The number of hydrogen-bond acceptors (Lipinski definition) is 4. The smallest absolute Gasteiger partial charge is 0.417 e. The second kappa shape index (κ2) is 8.86. The van der Waals surface area contributed by atoms with Crippen molar-refractivity contribution in [3.05, 3.63) is 47.5 Å². The summed E-state index contributed by atoms with van der Waals surface area (Å²) in [5.74, 6) is -2.70. The van der Waals surface area contributed by atoms with E-state index in [9.17, 15) is 27.6 Å². The zero-order valence-electron chi connectivity index (χ0n) is 13.3. The van der Waals surface area contributed by atoms with Gasteiger partial charge in [-0.15, -0.1) is 0 Å². The highest BCUT2D eigenvalue weighted by Gasteiger charge is 2.35. The van der Waals surface area contributed by atoms with E-state index in [1.54, 1.807) is 6.92 Å². The fraction of sp³-hybridized carbons (Fsp3) is 0.312. The van der Waals surface area contributed by atoms with E-state index in [1.807, 2.05) is 0 Å². The van der Waals surface area contributed by atoms with Gasteiger partial charge in [-0.05, 0) is 25.5 Å². The number of amides is 2. The van der Waals surface area contributed by atoms with Crippen LogP contribution in [0.3, 0.4) is 0 Å². The number of primary amides is 1. The molecule has 2 amide bonds. The molecule has 1 atom stereocenters. The molecule has 0 aromatic heterocycles. The molecule has 1 rings (SSSR count). The van der Waals surface area contributed by atoms with E-state index < -0.39 is 41.1 Å². The van der Waals surface area contributed by atoms with Crippen molar-refractivity contribution in [1.82, 2.24) is 5.32 Å². The SMILES string of the molecule is CCOC(=O)/C=C/C[C@H](NC(=O)c1ccccc1C(F)(F)F)C(N)=O. The molecule has 0 spiro atoms. The van der Waals surface area contributed by atoms with E-state index in [1.165, 1.54) is 12.1 Å². The van der Waals surface area contributed by atoms with E-state index in [0.717, 1.165) is 24.3 Å². The van der Waals surface area contributed by atoms with Gasteiger partial charge in [0.15, 0.2) is 0 Å². The largest absolute Gasteiger partial charge is 0.463 e. The molecule has 0 bridgehead atoms. The molecular weight excluding hydrogens is 341 g/mol. The Morgan fingerprint density at radius 1 is 1.28 bits per heavy atom. The van der Waals surface area contributed by atoms with E-state index in [4.69, 9.17) is 5.73 Å². The molecule has 0 saturated heterocycles. The van der Waals surface area contributed by atoms with E-state index >= 15 is 0 Å². The molecule has 0 radical (unpaired) electrons. The molecule has 0 heterocycles. The predicted molar refractivity (Wildman–Crippen MR) is 82.3 cm³/mol. The third-order valence-corrected chi connectivity index (χ3v) is 3.04. The summed E-state index contributed by atoms with van der Waals surface area (Å²) in [6.07, 6.45) is -2.62. The number of halogens is 3. The van der Waals surface area contributed by atoms with Crippen LogP contribution in [0.2, 0.25) is 0 Å². The number of alkyl halides is 3.